The van der Waals surface area contributed by atoms with Gasteiger partial charge in [0.1, 0.15) is 5.82 Å². The molecule has 4 rings (SSSR count). The third-order valence-corrected chi connectivity index (χ3v) is 5.85. The predicted octanol–water partition coefficient (Wildman–Crippen LogP) is 3.17. The maximum Gasteiger partial charge on any atom is 0.147 e. The van der Waals surface area contributed by atoms with Crippen LogP contribution in [0.1, 0.15) is 38.5 Å². The van der Waals surface area contributed by atoms with E-state index >= 15 is 0 Å². The van der Waals surface area contributed by atoms with Crippen molar-refractivity contribution in [3.8, 4) is 0 Å². The van der Waals surface area contributed by atoms with Crippen molar-refractivity contribution >= 4 is 16.9 Å². The number of benzene rings is 1. The molecule has 0 aliphatic carbocycles. The van der Waals surface area contributed by atoms with Gasteiger partial charge in [0, 0.05) is 26.3 Å². The van der Waals surface area contributed by atoms with Crippen LogP contribution in [0.25, 0.3) is 11.0 Å². The molecule has 134 valence electrons. The van der Waals surface area contributed by atoms with E-state index in [0.29, 0.717) is 6.10 Å². The van der Waals surface area contributed by atoms with Crippen LogP contribution in [0.3, 0.4) is 0 Å². The van der Waals surface area contributed by atoms with Gasteiger partial charge in [0.15, 0.2) is 0 Å². The summed E-state index contributed by atoms with van der Waals surface area (Å²) in [7, 11) is 0. The highest BCUT2D eigenvalue weighted by Gasteiger charge is 2.37. The quantitative estimate of drug-likeness (QED) is 0.926. The summed E-state index contributed by atoms with van der Waals surface area (Å²) >= 11 is 0. The molecule has 3 heterocycles. The van der Waals surface area contributed by atoms with Crippen LogP contribution in [0.5, 0.6) is 0 Å². The van der Waals surface area contributed by atoms with Crippen molar-refractivity contribution in [1.82, 2.24) is 9.97 Å². The lowest BCUT2D eigenvalue weighted by atomic mass is 9.74. The van der Waals surface area contributed by atoms with E-state index < -0.39 is 0 Å². The molecule has 2 aliphatic heterocycles. The molecule has 1 aromatic heterocycles. The van der Waals surface area contributed by atoms with Crippen LogP contribution in [0, 0.1) is 5.41 Å². The fourth-order valence-electron chi connectivity index (χ4n) is 4.19. The maximum atomic E-state index is 10.1. The fourth-order valence-corrected chi connectivity index (χ4v) is 4.19. The van der Waals surface area contributed by atoms with Gasteiger partial charge in [-0.1, -0.05) is 12.1 Å². The molecular weight excluding hydrogens is 314 g/mol. The van der Waals surface area contributed by atoms with Crippen molar-refractivity contribution in [3.63, 3.8) is 0 Å². The van der Waals surface area contributed by atoms with E-state index in [0.717, 1.165) is 62.2 Å². The third kappa shape index (κ3) is 3.62. The lowest BCUT2D eigenvalue weighted by Gasteiger charge is -2.43. The van der Waals surface area contributed by atoms with E-state index in [1.165, 1.54) is 12.8 Å². The van der Waals surface area contributed by atoms with Crippen LogP contribution in [0.15, 0.2) is 30.5 Å². The molecule has 2 aliphatic rings. The Morgan fingerprint density at radius 2 is 1.96 bits per heavy atom. The Bertz CT molecular complexity index is 707. The summed E-state index contributed by atoms with van der Waals surface area (Å²) in [5, 5.41) is 10.1. The predicted molar refractivity (Wildman–Crippen MR) is 98.7 cm³/mol. The molecule has 1 atom stereocenters. The van der Waals surface area contributed by atoms with Crippen LogP contribution in [0.2, 0.25) is 0 Å². The minimum atomic E-state index is 0.00276. The largest absolute Gasteiger partial charge is 0.396 e. The molecule has 0 amide bonds. The van der Waals surface area contributed by atoms with Gasteiger partial charge in [-0.25, -0.2) is 4.98 Å². The van der Waals surface area contributed by atoms with Gasteiger partial charge >= 0.3 is 0 Å². The van der Waals surface area contributed by atoms with Gasteiger partial charge in [0.25, 0.3) is 0 Å². The number of fused-ring (bicyclic) bond motifs is 1. The van der Waals surface area contributed by atoms with Crippen molar-refractivity contribution in [2.45, 2.75) is 44.6 Å². The number of anilines is 1. The van der Waals surface area contributed by atoms with E-state index in [-0.39, 0.29) is 12.0 Å². The van der Waals surface area contributed by atoms with Gasteiger partial charge in [-0.15, -0.1) is 0 Å². The Morgan fingerprint density at radius 1 is 1.16 bits per heavy atom. The van der Waals surface area contributed by atoms with Crippen LogP contribution < -0.4 is 4.90 Å². The SMILES string of the molecule is OCC1(C[C@@H]2CCCCO2)CCN(c2cnc3ccccc3n2)CC1. The minimum Gasteiger partial charge on any atom is -0.396 e. The summed E-state index contributed by atoms with van der Waals surface area (Å²) in [6, 6.07) is 7.98. The summed E-state index contributed by atoms with van der Waals surface area (Å²) in [5.74, 6) is 0.944. The number of rotatable bonds is 4. The number of ether oxygens (including phenoxy) is 1. The van der Waals surface area contributed by atoms with E-state index in [1.807, 2.05) is 30.5 Å². The summed E-state index contributed by atoms with van der Waals surface area (Å²) in [6.45, 7) is 2.97. The second-order valence-corrected chi connectivity index (χ2v) is 7.55. The summed E-state index contributed by atoms with van der Waals surface area (Å²) in [5.41, 5.74) is 1.87. The number of piperidine rings is 1. The Morgan fingerprint density at radius 3 is 2.68 bits per heavy atom. The van der Waals surface area contributed by atoms with E-state index in [9.17, 15) is 5.11 Å². The molecule has 0 bridgehead atoms. The smallest absolute Gasteiger partial charge is 0.147 e. The number of hydrogen-bond donors (Lipinski definition) is 1. The minimum absolute atomic E-state index is 0.00276. The Hall–Kier alpha value is -1.72. The average molecular weight is 341 g/mol. The molecule has 0 unspecified atom stereocenters. The third-order valence-electron chi connectivity index (χ3n) is 5.85. The summed E-state index contributed by atoms with van der Waals surface area (Å²) in [4.78, 5) is 11.6. The van der Waals surface area contributed by atoms with Gasteiger partial charge in [-0.05, 0) is 56.1 Å². The first kappa shape index (κ1) is 16.7. The number of aliphatic hydroxyl groups is 1. The molecule has 2 fully saturated rings. The maximum absolute atomic E-state index is 10.1. The first-order valence-electron chi connectivity index (χ1n) is 9.47. The van der Waals surface area contributed by atoms with Crippen LogP contribution in [0.4, 0.5) is 5.82 Å². The second-order valence-electron chi connectivity index (χ2n) is 7.55. The van der Waals surface area contributed by atoms with Crippen LogP contribution >= 0.6 is 0 Å². The summed E-state index contributed by atoms with van der Waals surface area (Å²) in [6.07, 6.45) is 8.73. The van der Waals surface area contributed by atoms with Gasteiger partial charge in [0.05, 0.1) is 23.3 Å². The molecule has 0 spiro atoms. The van der Waals surface area contributed by atoms with Crippen molar-refractivity contribution in [3.05, 3.63) is 30.5 Å². The van der Waals surface area contributed by atoms with Crippen molar-refractivity contribution in [2.75, 3.05) is 31.2 Å². The number of hydrogen-bond acceptors (Lipinski definition) is 5. The molecule has 2 saturated heterocycles. The first-order valence-corrected chi connectivity index (χ1v) is 9.47. The molecule has 2 aromatic rings. The standard InChI is InChI=1S/C20H27N3O2/c24-15-20(13-16-5-3-4-12-25-16)8-10-23(11-9-20)19-14-21-17-6-1-2-7-18(17)22-19/h1-2,6-7,14,16,24H,3-5,8-13,15H2/t16-/m0/s1. The molecule has 5 nitrogen and oxygen atoms in total. The van der Waals surface area contributed by atoms with Crippen LogP contribution in [-0.4, -0.2) is 47.5 Å². The zero-order valence-corrected chi connectivity index (χ0v) is 14.7. The zero-order valence-electron chi connectivity index (χ0n) is 14.7. The topological polar surface area (TPSA) is 58.5 Å². The molecule has 0 saturated carbocycles. The Labute approximate surface area is 149 Å². The average Bonchev–Trinajstić information content (AvgIpc) is 2.69. The zero-order chi connectivity index (χ0) is 17.1. The Kier molecular flexibility index (Phi) is 4.86. The van der Waals surface area contributed by atoms with E-state index in [2.05, 4.69) is 9.88 Å². The van der Waals surface area contributed by atoms with Gasteiger partial charge in [-0.2, -0.15) is 0 Å². The van der Waals surface area contributed by atoms with Crippen molar-refractivity contribution in [2.24, 2.45) is 5.41 Å². The lowest BCUT2D eigenvalue weighted by molar-refractivity contribution is -0.0355. The van der Waals surface area contributed by atoms with E-state index in [4.69, 9.17) is 9.72 Å². The van der Waals surface area contributed by atoms with Crippen molar-refractivity contribution in [1.29, 1.82) is 0 Å². The highest BCUT2D eigenvalue weighted by atomic mass is 16.5. The molecule has 25 heavy (non-hydrogen) atoms. The number of aromatic nitrogens is 2. The fraction of sp³-hybridized carbons (Fsp3) is 0.600. The number of para-hydroxylation sites is 2. The first-order chi connectivity index (χ1) is 12.3. The molecule has 0 radical (unpaired) electrons. The number of nitrogens with zero attached hydrogens (tertiary/aromatic N) is 3. The highest BCUT2D eigenvalue weighted by molar-refractivity contribution is 5.75. The monoisotopic (exact) mass is 341 g/mol. The highest BCUT2D eigenvalue weighted by Crippen LogP contribution is 2.39. The Balaban J connectivity index is 1.43. The van der Waals surface area contributed by atoms with E-state index in [1.54, 1.807) is 0 Å². The normalized spacial score (nSPS) is 23.7. The number of aliphatic hydroxyl groups excluding tert-OH is 1. The van der Waals surface area contributed by atoms with Crippen LogP contribution in [-0.2, 0) is 4.74 Å². The molecule has 1 N–H and O–H groups in total. The molecule has 5 heteroatoms. The van der Waals surface area contributed by atoms with Crippen molar-refractivity contribution < 1.29 is 9.84 Å². The van der Waals surface area contributed by atoms with Gasteiger partial charge in [0.2, 0.25) is 0 Å². The molecule has 1 aromatic carbocycles. The van der Waals surface area contributed by atoms with Gasteiger partial charge < -0.3 is 14.7 Å². The second kappa shape index (κ2) is 7.26. The molecular formula is C20H27N3O2. The summed E-state index contributed by atoms with van der Waals surface area (Å²) < 4.78 is 5.92. The van der Waals surface area contributed by atoms with Gasteiger partial charge in [-0.3, -0.25) is 4.98 Å². The lowest BCUT2D eigenvalue weighted by Crippen LogP contribution is -2.44.